The van der Waals surface area contributed by atoms with Gasteiger partial charge in [0, 0.05) is 18.8 Å². The van der Waals surface area contributed by atoms with Crippen molar-refractivity contribution in [3.05, 3.63) is 47.4 Å². The first-order chi connectivity index (χ1) is 12.4. The molecule has 1 aliphatic rings. The van der Waals surface area contributed by atoms with Gasteiger partial charge in [0.05, 0.1) is 17.0 Å². The number of amides is 1. The molecule has 1 saturated heterocycles. The molecule has 0 aliphatic carbocycles. The first kappa shape index (κ1) is 18.6. The molecular formula is C18H23N3O4S. The summed E-state index contributed by atoms with van der Waals surface area (Å²) in [7, 11) is -3.57. The van der Waals surface area contributed by atoms with Crippen LogP contribution in [0, 0.1) is 6.92 Å². The number of aryl methyl sites for hydroxylation is 1. The van der Waals surface area contributed by atoms with Crippen LogP contribution in [0.2, 0.25) is 0 Å². The van der Waals surface area contributed by atoms with Gasteiger partial charge < -0.3 is 15.5 Å². The third-order valence-electron chi connectivity index (χ3n) is 4.50. The molecule has 0 unspecified atom stereocenters. The van der Waals surface area contributed by atoms with Crippen molar-refractivity contribution in [3.63, 3.8) is 0 Å². The lowest BCUT2D eigenvalue weighted by Crippen LogP contribution is -2.36. The van der Waals surface area contributed by atoms with Crippen LogP contribution in [0.25, 0.3) is 0 Å². The highest BCUT2D eigenvalue weighted by Crippen LogP contribution is 2.26. The van der Waals surface area contributed by atoms with Gasteiger partial charge in [-0.3, -0.25) is 4.79 Å². The average molecular weight is 377 g/mol. The molecule has 140 valence electrons. The van der Waals surface area contributed by atoms with Gasteiger partial charge in [-0.2, -0.15) is 4.31 Å². The summed E-state index contributed by atoms with van der Waals surface area (Å²) in [5.74, 6) is 0.131. The zero-order valence-electron chi connectivity index (χ0n) is 14.7. The molecule has 2 aromatic rings. The van der Waals surface area contributed by atoms with Crippen molar-refractivity contribution in [2.45, 2.75) is 37.6 Å². The number of anilines is 1. The molecule has 0 bridgehead atoms. The first-order valence-corrected chi connectivity index (χ1v) is 10.1. The number of carbonyl (C=O) groups is 1. The average Bonchev–Trinajstić information content (AvgIpc) is 3.13. The topological polar surface area (TPSA) is 106 Å². The molecule has 1 amide bonds. The molecule has 3 rings (SSSR count). The molecule has 0 atom stereocenters. The fraction of sp³-hybridized carbons (Fsp3) is 0.389. The Morgan fingerprint density at radius 3 is 2.62 bits per heavy atom. The largest absolute Gasteiger partial charge is 0.467 e. The highest BCUT2D eigenvalue weighted by Gasteiger charge is 2.27. The van der Waals surface area contributed by atoms with Gasteiger partial charge in [-0.15, -0.1) is 0 Å². The van der Waals surface area contributed by atoms with Crippen LogP contribution in [-0.2, 0) is 16.6 Å². The van der Waals surface area contributed by atoms with Crippen molar-refractivity contribution >= 4 is 21.6 Å². The first-order valence-electron chi connectivity index (χ1n) is 8.61. The highest BCUT2D eigenvalue weighted by atomic mass is 32.2. The van der Waals surface area contributed by atoms with Gasteiger partial charge in [0.2, 0.25) is 10.0 Å². The second kappa shape index (κ2) is 7.61. The molecule has 1 aromatic heterocycles. The standard InChI is InChI=1S/C18H23N3O4S/c1-13-5-6-15(20-18(22)14-9-16(11-19)25-12-14)10-17(13)26(23,24)21-7-3-2-4-8-21/h5-6,9-10,12H,2-4,7-8,11,19H2,1H3,(H,20,22). The third kappa shape index (κ3) is 3.82. The van der Waals surface area contributed by atoms with Gasteiger partial charge in [-0.05, 0) is 43.5 Å². The number of rotatable bonds is 5. The Kier molecular flexibility index (Phi) is 5.45. The maximum Gasteiger partial charge on any atom is 0.258 e. The van der Waals surface area contributed by atoms with Crippen LogP contribution in [0.3, 0.4) is 0 Å². The summed E-state index contributed by atoms with van der Waals surface area (Å²) in [6, 6.07) is 6.47. The van der Waals surface area contributed by atoms with Crippen molar-refractivity contribution < 1.29 is 17.6 Å². The number of hydrogen-bond acceptors (Lipinski definition) is 5. The lowest BCUT2D eigenvalue weighted by Gasteiger charge is -2.26. The quantitative estimate of drug-likeness (QED) is 0.833. The summed E-state index contributed by atoms with van der Waals surface area (Å²) in [6.07, 6.45) is 4.13. The molecular weight excluding hydrogens is 354 g/mol. The van der Waals surface area contributed by atoms with Gasteiger partial charge in [0.15, 0.2) is 0 Å². The van der Waals surface area contributed by atoms with Gasteiger partial charge in [0.25, 0.3) is 5.91 Å². The number of benzene rings is 1. The van der Waals surface area contributed by atoms with E-state index in [-0.39, 0.29) is 17.3 Å². The summed E-state index contributed by atoms with van der Waals surface area (Å²) >= 11 is 0. The zero-order valence-corrected chi connectivity index (χ0v) is 15.5. The fourth-order valence-corrected chi connectivity index (χ4v) is 4.78. The molecule has 1 aliphatic heterocycles. The van der Waals surface area contributed by atoms with Crippen LogP contribution in [0.15, 0.2) is 39.8 Å². The van der Waals surface area contributed by atoms with E-state index in [2.05, 4.69) is 5.32 Å². The van der Waals surface area contributed by atoms with E-state index in [1.807, 2.05) is 0 Å². The number of nitrogens with two attached hydrogens (primary N) is 1. The summed E-state index contributed by atoms with van der Waals surface area (Å²) in [5, 5.41) is 2.72. The minimum atomic E-state index is -3.57. The van der Waals surface area contributed by atoms with Gasteiger partial charge >= 0.3 is 0 Å². The van der Waals surface area contributed by atoms with Crippen LogP contribution >= 0.6 is 0 Å². The van der Waals surface area contributed by atoms with E-state index in [4.69, 9.17) is 10.2 Å². The predicted molar refractivity (Wildman–Crippen MR) is 98.3 cm³/mol. The molecule has 3 N–H and O–H groups in total. The fourth-order valence-electron chi connectivity index (χ4n) is 3.01. The normalized spacial score (nSPS) is 15.8. The van der Waals surface area contributed by atoms with Crippen LogP contribution in [0.4, 0.5) is 5.69 Å². The molecule has 1 fully saturated rings. The third-order valence-corrected chi connectivity index (χ3v) is 6.54. The van der Waals surface area contributed by atoms with Crippen LogP contribution in [0.5, 0.6) is 0 Å². The van der Waals surface area contributed by atoms with Crippen molar-refractivity contribution in [1.29, 1.82) is 0 Å². The van der Waals surface area contributed by atoms with Gasteiger partial charge in [-0.1, -0.05) is 12.5 Å². The maximum atomic E-state index is 12.9. The second-order valence-corrected chi connectivity index (χ2v) is 8.31. The van der Waals surface area contributed by atoms with E-state index >= 15 is 0 Å². The number of furan rings is 1. The Hall–Kier alpha value is -2.16. The maximum absolute atomic E-state index is 12.9. The highest BCUT2D eigenvalue weighted by molar-refractivity contribution is 7.89. The molecule has 26 heavy (non-hydrogen) atoms. The van der Waals surface area contributed by atoms with Crippen LogP contribution in [0.1, 0.15) is 40.9 Å². The Labute approximate surface area is 153 Å². The number of nitrogens with one attached hydrogen (secondary N) is 1. The molecule has 2 heterocycles. The van der Waals surface area contributed by atoms with Crippen LogP contribution in [-0.4, -0.2) is 31.7 Å². The Balaban J connectivity index is 1.84. The molecule has 7 nitrogen and oxygen atoms in total. The van der Waals surface area contributed by atoms with Crippen LogP contribution < -0.4 is 11.1 Å². The van der Waals surface area contributed by atoms with E-state index in [1.165, 1.54) is 16.6 Å². The predicted octanol–water partition coefficient (Wildman–Crippen LogP) is 2.47. The van der Waals surface area contributed by atoms with Crippen molar-refractivity contribution in [2.75, 3.05) is 18.4 Å². The zero-order chi connectivity index (χ0) is 18.7. The van der Waals surface area contributed by atoms with E-state index in [9.17, 15) is 13.2 Å². The van der Waals surface area contributed by atoms with E-state index < -0.39 is 10.0 Å². The van der Waals surface area contributed by atoms with Gasteiger partial charge in [-0.25, -0.2) is 8.42 Å². The molecule has 8 heteroatoms. The van der Waals surface area contributed by atoms with Crippen molar-refractivity contribution in [3.8, 4) is 0 Å². The minimum absolute atomic E-state index is 0.204. The number of carbonyl (C=O) groups excluding carboxylic acids is 1. The Morgan fingerprint density at radius 1 is 1.23 bits per heavy atom. The number of piperidine rings is 1. The summed E-state index contributed by atoms with van der Waals surface area (Å²) < 4.78 is 32.6. The number of sulfonamides is 1. The monoisotopic (exact) mass is 377 g/mol. The molecule has 0 radical (unpaired) electrons. The Bertz CT molecular complexity index is 899. The summed E-state index contributed by atoms with van der Waals surface area (Å²) in [4.78, 5) is 12.5. The lowest BCUT2D eigenvalue weighted by molar-refractivity contribution is 0.102. The minimum Gasteiger partial charge on any atom is -0.467 e. The van der Waals surface area contributed by atoms with E-state index in [1.54, 1.807) is 25.1 Å². The number of hydrogen-bond donors (Lipinski definition) is 2. The summed E-state index contributed by atoms with van der Waals surface area (Å²) in [5.41, 5.74) is 6.89. The number of nitrogens with zero attached hydrogens (tertiary/aromatic N) is 1. The van der Waals surface area contributed by atoms with E-state index in [0.717, 1.165) is 19.3 Å². The summed E-state index contributed by atoms with van der Waals surface area (Å²) in [6.45, 7) is 3.03. The van der Waals surface area contributed by atoms with Crippen molar-refractivity contribution in [1.82, 2.24) is 4.31 Å². The molecule has 1 aromatic carbocycles. The SMILES string of the molecule is Cc1ccc(NC(=O)c2coc(CN)c2)cc1S(=O)(=O)N1CCCCC1. The van der Waals surface area contributed by atoms with E-state index in [0.29, 0.717) is 35.7 Å². The second-order valence-electron chi connectivity index (χ2n) is 6.40. The molecule has 0 spiro atoms. The smallest absolute Gasteiger partial charge is 0.258 e. The Morgan fingerprint density at radius 2 is 1.96 bits per heavy atom. The van der Waals surface area contributed by atoms with Gasteiger partial charge in [0.1, 0.15) is 12.0 Å². The molecule has 0 saturated carbocycles. The lowest BCUT2D eigenvalue weighted by atomic mass is 10.2. The van der Waals surface area contributed by atoms with Crippen molar-refractivity contribution in [2.24, 2.45) is 5.73 Å².